The van der Waals surface area contributed by atoms with Crippen molar-refractivity contribution in [3.63, 3.8) is 0 Å². The number of hydrogen-bond donors (Lipinski definition) is 0. The third kappa shape index (κ3) is 9.56. The fraction of sp³-hybridized carbons (Fsp3) is 0.207. The molecule has 0 aromatic heterocycles. The van der Waals surface area contributed by atoms with Crippen LogP contribution in [0.15, 0.2) is 182 Å². The summed E-state index contributed by atoms with van der Waals surface area (Å²) in [5.74, 6) is 1.41. The van der Waals surface area contributed by atoms with Crippen molar-refractivity contribution in [1.82, 2.24) is 0 Å². The summed E-state index contributed by atoms with van der Waals surface area (Å²) in [6, 6.07) is 66.6. The molecule has 2 aliphatic rings. The SMILES string of the molecule is C(=C\c1ccc(N(c2ccccc2)c2ccc(C3CCCCC3)cc2)cc1)/c1ccc(/C=C/c2ccc(N(c3ccccc3)c3ccc(C4CCCCC4)cc3)cc2)cc1. The zero-order chi connectivity index (χ0) is 40.4. The average molecular weight is 781 g/mol. The Labute approximate surface area is 358 Å². The average Bonchev–Trinajstić information content (AvgIpc) is 3.33. The van der Waals surface area contributed by atoms with E-state index in [4.69, 9.17) is 0 Å². The topological polar surface area (TPSA) is 6.48 Å². The second-order valence-corrected chi connectivity index (χ2v) is 16.7. The van der Waals surface area contributed by atoms with Crippen LogP contribution in [0.4, 0.5) is 34.1 Å². The molecule has 7 aromatic rings. The quantitative estimate of drug-likeness (QED) is 0.114. The van der Waals surface area contributed by atoms with Crippen molar-refractivity contribution >= 4 is 58.4 Å². The molecule has 0 aliphatic heterocycles. The molecule has 0 unspecified atom stereocenters. The van der Waals surface area contributed by atoms with Crippen LogP contribution in [-0.2, 0) is 0 Å². The van der Waals surface area contributed by atoms with Crippen molar-refractivity contribution in [2.24, 2.45) is 0 Å². The molecule has 0 bridgehead atoms. The Morgan fingerprint density at radius 1 is 0.267 bits per heavy atom. The van der Waals surface area contributed by atoms with Gasteiger partial charge in [-0.05, 0) is 144 Å². The zero-order valence-corrected chi connectivity index (χ0v) is 34.8. The summed E-state index contributed by atoms with van der Waals surface area (Å²) in [5, 5.41) is 0. The van der Waals surface area contributed by atoms with E-state index in [2.05, 4.69) is 216 Å². The van der Waals surface area contributed by atoms with Crippen molar-refractivity contribution in [3.05, 3.63) is 215 Å². The van der Waals surface area contributed by atoms with Crippen LogP contribution in [0.3, 0.4) is 0 Å². The lowest BCUT2D eigenvalue weighted by molar-refractivity contribution is 0.443. The van der Waals surface area contributed by atoms with Gasteiger partial charge in [0.05, 0.1) is 0 Å². The molecule has 0 spiro atoms. The molecule has 9 rings (SSSR count). The van der Waals surface area contributed by atoms with Crippen molar-refractivity contribution in [2.45, 2.75) is 76.0 Å². The third-order valence-corrected chi connectivity index (χ3v) is 12.7. The fourth-order valence-electron chi connectivity index (χ4n) is 9.28. The van der Waals surface area contributed by atoms with E-state index in [1.54, 1.807) is 0 Å². The smallest absolute Gasteiger partial charge is 0.0462 e. The highest BCUT2D eigenvalue weighted by Gasteiger charge is 2.19. The molecule has 0 N–H and O–H groups in total. The van der Waals surface area contributed by atoms with Gasteiger partial charge in [-0.2, -0.15) is 0 Å². The lowest BCUT2D eigenvalue weighted by Gasteiger charge is -2.27. The number of anilines is 6. The van der Waals surface area contributed by atoms with Gasteiger partial charge in [0.15, 0.2) is 0 Å². The first-order valence-electron chi connectivity index (χ1n) is 22.3. The predicted octanol–water partition coefficient (Wildman–Crippen LogP) is 17.1. The maximum atomic E-state index is 2.36. The zero-order valence-electron chi connectivity index (χ0n) is 34.8. The van der Waals surface area contributed by atoms with Crippen LogP contribution in [0.25, 0.3) is 24.3 Å². The Bertz CT molecular complexity index is 2260. The third-order valence-electron chi connectivity index (χ3n) is 12.7. The first-order chi connectivity index (χ1) is 29.7. The highest BCUT2D eigenvalue weighted by atomic mass is 15.1. The Morgan fingerprint density at radius 2 is 0.517 bits per heavy atom. The summed E-state index contributed by atoms with van der Waals surface area (Å²) >= 11 is 0. The summed E-state index contributed by atoms with van der Waals surface area (Å²) in [5.41, 5.74) is 14.7. The van der Waals surface area contributed by atoms with Gasteiger partial charge < -0.3 is 9.80 Å². The molecule has 2 fully saturated rings. The van der Waals surface area contributed by atoms with Crippen LogP contribution in [0.2, 0.25) is 0 Å². The van der Waals surface area contributed by atoms with E-state index in [-0.39, 0.29) is 0 Å². The number of nitrogens with zero attached hydrogens (tertiary/aromatic N) is 2. The van der Waals surface area contributed by atoms with E-state index in [0.717, 1.165) is 22.7 Å². The number of benzene rings is 7. The molecule has 298 valence electrons. The van der Waals surface area contributed by atoms with Gasteiger partial charge in [-0.25, -0.2) is 0 Å². The summed E-state index contributed by atoms with van der Waals surface area (Å²) < 4.78 is 0. The Balaban J connectivity index is 0.848. The van der Waals surface area contributed by atoms with Crippen LogP contribution >= 0.6 is 0 Å². The standard InChI is InChI=1S/C58H56N2/c1-5-13-49(14-6-1)51-33-41-57(42-34-51)59(53-17-9-3-10-18-53)55-37-29-47(30-38-55)27-25-45-21-23-46(24-22-45)26-28-48-31-39-56(40-32-48)60(54-19-11-4-12-20-54)58-43-35-52(36-44-58)50-15-7-2-8-16-50/h3-4,9-12,17-44,49-50H,1-2,5-8,13-16H2/b27-25+,28-26+. The van der Waals surface area contributed by atoms with Crippen LogP contribution in [-0.4, -0.2) is 0 Å². The lowest BCUT2D eigenvalue weighted by Crippen LogP contribution is -2.10. The van der Waals surface area contributed by atoms with Crippen molar-refractivity contribution in [3.8, 4) is 0 Å². The molecule has 2 aliphatic carbocycles. The van der Waals surface area contributed by atoms with Crippen LogP contribution < -0.4 is 9.80 Å². The normalized spacial score (nSPS) is 15.1. The van der Waals surface area contributed by atoms with Gasteiger partial charge >= 0.3 is 0 Å². The fourth-order valence-corrected chi connectivity index (χ4v) is 9.28. The van der Waals surface area contributed by atoms with Crippen molar-refractivity contribution in [1.29, 1.82) is 0 Å². The lowest BCUT2D eigenvalue weighted by atomic mass is 9.84. The van der Waals surface area contributed by atoms with E-state index in [1.807, 2.05) is 0 Å². The summed E-state index contributed by atoms with van der Waals surface area (Å²) in [6.45, 7) is 0. The molecule has 0 atom stereocenters. The Hall–Kier alpha value is -6.38. The molecule has 0 amide bonds. The monoisotopic (exact) mass is 780 g/mol. The van der Waals surface area contributed by atoms with E-state index in [1.165, 1.54) is 109 Å². The molecule has 0 radical (unpaired) electrons. The van der Waals surface area contributed by atoms with Gasteiger partial charge in [-0.3, -0.25) is 0 Å². The minimum absolute atomic E-state index is 0.706. The molecule has 0 heterocycles. The number of rotatable bonds is 12. The molecule has 2 nitrogen and oxygen atoms in total. The minimum Gasteiger partial charge on any atom is -0.311 e. The van der Waals surface area contributed by atoms with Gasteiger partial charge in [0.2, 0.25) is 0 Å². The summed E-state index contributed by atoms with van der Waals surface area (Å²) in [6.07, 6.45) is 22.3. The maximum Gasteiger partial charge on any atom is 0.0462 e. The number of hydrogen-bond acceptors (Lipinski definition) is 2. The Morgan fingerprint density at radius 3 is 0.817 bits per heavy atom. The minimum atomic E-state index is 0.706. The van der Waals surface area contributed by atoms with E-state index >= 15 is 0 Å². The summed E-state index contributed by atoms with van der Waals surface area (Å²) in [4.78, 5) is 4.71. The summed E-state index contributed by atoms with van der Waals surface area (Å²) in [7, 11) is 0. The molecular formula is C58H56N2. The van der Waals surface area contributed by atoms with E-state index in [9.17, 15) is 0 Å². The maximum absolute atomic E-state index is 2.36. The van der Waals surface area contributed by atoms with Gasteiger partial charge in [-0.15, -0.1) is 0 Å². The molecule has 7 aromatic carbocycles. The largest absolute Gasteiger partial charge is 0.311 e. The van der Waals surface area contributed by atoms with Crippen LogP contribution in [0.1, 0.15) is 109 Å². The van der Waals surface area contributed by atoms with E-state index in [0.29, 0.717) is 11.8 Å². The highest BCUT2D eigenvalue weighted by molar-refractivity contribution is 5.80. The Kier molecular flexibility index (Phi) is 12.5. The van der Waals surface area contributed by atoms with Crippen molar-refractivity contribution in [2.75, 3.05) is 9.80 Å². The number of para-hydroxylation sites is 2. The van der Waals surface area contributed by atoms with Gasteiger partial charge in [-0.1, -0.05) is 172 Å². The van der Waals surface area contributed by atoms with Crippen LogP contribution in [0.5, 0.6) is 0 Å². The first kappa shape index (κ1) is 39.1. The van der Waals surface area contributed by atoms with Crippen LogP contribution in [0, 0.1) is 0 Å². The molecule has 2 saturated carbocycles. The first-order valence-corrected chi connectivity index (χ1v) is 22.3. The molecule has 0 saturated heterocycles. The van der Waals surface area contributed by atoms with Gasteiger partial charge in [0.1, 0.15) is 0 Å². The van der Waals surface area contributed by atoms with E-state index < -0.39 is 0 Å². The second-order valence-electron chi connectivity index (χ2n) is 16.7. The highest BCUT2D eigenvalue weighted by Crippen LogP contribution is 2.39. The molecular weight excluding hydrogens is 725 g/mol. The van der Waals surface area contributed by atoms with Crippen molar-refractivity contribution < 1.29 is 0 Å². The second kappa shape index (κ2) is 19.1. The predicted molar refractivity (Wildman–Crippen MR) is 258 cm³/mol. The van der Waals surface area contributed by atoms with Gasteiger partial charge in [0, 0.05) is 34.1 Å². The molecule has 60 heavy (non-hydrogen) atoms. The molecule has 2 heteroatoms. The van der Waals surface area contributed by atoms with Gasteiger partial charge in [0.25, 0.3) is 0 Å².